The van der Waals surface area contributed by atoms with E-state index in [4.69, 9.17) is 5.14 Å². The van der Waals surface area contributed by atoms with Crippen LogP contribution in [-0.2, 0) is 10.0 Å². The number of H-pyrrole nitrogens is 1. The SMILES string of the molecule is CC(Nc1ccc(S(N)(=O)=O)cc1)c1ccn[nH]1. The van der Waals surface area contributed by atoms with Gasteiger partial charge >= 0.3 is 0 Å². The molecule has 18 heavy (non-hydrogen) atoms. The summed E-state index contributed by atoms with van der Waals surface area (Å²) in [5.74, 6) is 0. The van der Waals surface area contributed by atoms with Crippen LogP contribution < -0.4 is 10.5 Å². The molecule has 0 radical (unpaired) electrons. The Hall–Kier alpha value is -1.86. The van der Waals surface area contributed by atoms with E-state index in [1.807, 2.05) is 13.0 Å². The van der Waals surface area contributed by atoms with E-state index in [-0.39, 0.29) is 10.9 Å². The maximum absolute atomic E-state index is 11.1. The minimum absolute atomic E-state index is 0.0489. The number of hydrogen-bond donors (Lipinski definition) is 3. The van der Waals surface area contributed by atoms with Crippen LogP contribution in [0.5, 0.6) is 0 Å². The number of nitrogens with one attached hydrogen (secondary N) is 2. The largest absolute Gasteiger partial charge is 0.377 e. The standard InChI is InChI=1S/C11H14N4O2S/c1-8(11-6-7-13-15-11)14-9-2-4-10(5-3-9)18(12,16)17/h2-8,14H,1H3,(H,13,15)(H2,12,16,17). The van der Waals surface area contributed by atoms with Crippen molar-refractivity contribution in [3.63, 3.8) is 0 Å². The molecule has 0 amide bonds. The zero-order valence-electron chi connectivity index (χ0n) is 9.79. The Balaban J connectivity index is 2.12. The summed E-state index contributed by atoms with van der Waals surface area (Å²) in [5.41, 5.74) is 1.76. The highest BCUT2D eigenvalue weighted by Crippen LogP contribution is 2.18. The van der Waals surface area contributed by atoms with Crippen LogP contribution in [0, 0.1) is 0 Å². The number of benzene rings is 1. The van der Waals surface area contributed by atoms with Gasteiger partial charge in [0, 0.05) is 11.9 Å². The van der Waals surface area contributed by atoms with Gasteiger partial charge < -0.3 is 5.32 Å². The second kappa shape index (κ2) is 4.79. The van der Waals surface area contributed by atoms with Crippen molar-refractivity contribution >= 4 is 15.7 Å². The number of rotatable bonds is 4. The summed E-state index contributed by atoms with van der Waals surface area (Å²) in [4.78, 5) is 0.0993. The summed E-state index contributed by atoms with van der Waals surface area (Å²) in [7, 11) is -3.64. The average Bonchev–Trinajstić information content (AvgIpc) is 2.82. The molecule has 1 aromatic heterocycles. The van der Waals surface area contributed by atoms with E-state index in [1.54, 1.807) is 18.3 Å². The highest BCUT2D eigenvalue weighted by atomic mass is 32.2. The summed E-state index contributed by atoms with van der Waals surface area (Å²) >= 11 is 0. The molecule has 1 unspecified atom stereocenters. The van der Waals surface area contributed by atoms with Gasteiger partial charge in [0.15, 0.2) is 0 Å². The first kappa shape index (κ1) is 12.6. The summed E-state index contributed by atoms with van der Waals surface area (Å²) in [6.45, 7) is 1.97. The number of aromatic amines is 1. The third-order valence-corrected chi connectivity index (χ3v) is 3.48. The summed E-state index contributed by atoms with van der Waals surface area (Å²) in [6, 6.07) is 8.21. The molecule has 1 atom stereocenters. The van der Waals surface area contributed by atoms with Gasteiger partial charge in [0.25, 0.3) is 0 Å². The monoisotopic (exact) mass is 266 g/mol. The first-order chi connectivity index (χ1) is 8.47. The van der Waals surface area contributed by atoms with Crippen LogP contribution in [0.4, 0.5) is 5.69 Å². The molecular weight excluding hydrogens is 252 g/mol. The molecule has 1 heterocycles. The Morgan fingerprint density at radius 2 is 1.94 bits per heavy atom. The van der Waals surface area contributed by atoms with Gasteiger partial charge in [-0.2, -0.15) is 5.10 Å². The molecule has 7 heteroatoms. The van der Waals surface area contributed by atoms with Gasteiger partial charge in [-0.25, -0.2) is 13.6 Å². The van der Waals surface area contributed by atoms with Crippen molar-refractivity contribution in [1.29, 1.82) is 0 Å². The van der Waals surface area contributed by atoms with E-state index in [0.717, 1.165) is 11.4 Å². The fourth-order valence-electron chi connectivity index (χ4n) is 1.58. The number of sulfonamides is 1. The molecule has 0 saturated carbocycles. The molecule has 0 aliphatic rings. The number of nitrogens with zero attached hydrogens (tertiary/aromatic N) is 1. The van der Waals surface area contributed by atoms with Gasteiger partial charge in [0.2, 0.25) is 10.0 Å². The van der Waals surface area contributed by atoms with Crippen LogP contribution in [0.3, 0.4) is 0 Å². The van der Waals surface area contributed by atoms with Gasteiger partial charge in [0.05, 0.1) is 16.6 Å². The predicted octanol–water partition coefficient (Wildman–Crippen LogP) is 1.23. The zero-order chi connectivity index (χ0) is 13.2. The number of nitrogens with two attached hydrogens (primary N) is 1. The topological polar surface area (TPSA) is 101 Å². The Labute approximate surface area is 105 Å². The van der Waals surface area contributed by atoms with Gasteiger partial charge in [-0.3, -0.25) is 5.10 Å². The number of anilines is 1. The molecule has 0 fully saturated rings. The third-order valence-electron chi connectivity index (χ3n) is 2.55. The first-order valence-electron chi connectivity index (χ1n) is 5.35. The molecule has 0 aliphatic carbocycles. The predicted molar refractivity (Wildman–Crippen MR) is 68.4 cm³/mol. The van der Waals surface area contributed by atoms with E-state index in [9.17, 15) is 8.42 Å². The van der Waals surface area contributed by atoms with Crippen molar-refractivity contribution in [3.8, 4) is 0 Å². The van der Waals surface area contributed by atoms with Crippen molar-refractivity contribution in [2.24, 2.45) is 5.14 Å². The Bertz CT molecular complexity index is 605. The maximum atomic E-state index is 11.1. The van der Waals surface area contributed by atoms with Crippen molar-refractivity contribution < 1.29 is 8.42 Å². The average molecular weight is 266 g/mol. The molecule has 0 saturated heterocycles. The van der Waals surface area contributed by atoms with Crippen molar-refractivity contribution in [1.82, 2.24) is 10.2 Å². The van der Waals surface area contributed by atoms with E-state index in [0.29, 0.717) is 0 Å². The smallest absolute Gasteiger partial charge is 0.238 e. The first-order valence-corrected chi connectivity index (χ1v) is 6.90. The van der Waals surface area contributed by atoms with Crippen LogP contribution in [0.1, 0.15) is 18.7 Å². The van der Waals surface area contributed by atoms with Crippen LogP contribution in [0.15, 0.2) is 41.4 Å². The molecule has 0 spiro atoms. The second-order valence-corrected chi connectivity index (χ2v) is 5.51. The van der Waals surface area contributed by atoms with Crippen LogP contribution in [0.25, 0.3) is 0 Å². The molecule has 6 nitrogen and oxygen atoms in total. The fraction of sp³-hybridized carbons (Fsp3) is 0.182. The molecule has 0 bridgehead atoms. The van der Waals surface area contributed by atoms with Gasteiger partial charge in [-0.15, -0.1) is 0 Å². The number of primary sulfonamides is 1. The molecule has 0 aliphatic heterocycles. The third kappa shape index (κ3) is 2.88. The Kier molecular flexibility index (Phi) is 3.35. The highest BCUT2D eigenvalue weighted by Gasteiger charge is 2.09. The summed E-state index contributed by atoms with van der Waals surface area (Å²) in [5, 5.41) is 15.0. The summed E-state index contributed by atoms with van der Waals surface area (Å²) < 4.78 is 22.2. The molecule has 2 rings (SSSR count). The zero-order valence-corrected chi connectivity index (χ0v) is 10.6. The van der Waals surface area contributed by atoms with Crippen LogP contribution >= 0.6 is 0 Å². The van der Waals surface area contributed by atoms with E-state index >= 15 is 0 Å². The van der Waals surface area contributed by atoms with Crippen molar-refractivity contribution in [2.45, 2.75) is 17.9 Å². The van der Waals surface area contributed by atoms with Gasteiger partial charge in [0.1, 0.15) is 0 Å². The Morgan fingerprint density at radius 1 is 1.28 bits per heavy atom. The van der Waals surface area contributed by atoms with Crippen molar-refractivity contribution in [2.75, 3.05) is 5.32 Å². The fourth-order valence-corrected chi connectivity index (χ4v) is 2.09. The summed E-state index contributed by atoms with van der Waals surface area (Å²) in [6.07, 6.45) is 1.68. The molecule has 4 N–H and O–H groups in total. The van der Waals surface area contributed by atoms with E-state index in [1.165, 1.54) is 12.1 Å². The number of aromatic nitrogens is 2. The number of hydrogen-bond acceptors (Lipinski definition) is 4. The minimum Gasteiger partial charge on any atom is -0.377 e. The molecular formula is C11H14N4O2S. The van der Waals surface area contributed by atoms with Crippen LogP contribution in [0.2, 0.25) is 0 Å². The van der Waals surface area contributed by atoms with E-state index < -0.39 is 10.0 Å². The van der Waals surface area contributed by atoms with Gasteiger partial charge in [-0.1, -0.05) is 0 Å². The normalized spacial score (nSPS) is 13.2. The molecule has 1 aromatic carbocycles. The minimum atomic E-state index is -3.64. The van der Waals surface area contributed by atoms with Crippen molar-refractivity contribution in [3.05, 3.63) is 42.2 Å². The quantitative estimate of drug-likeness (QED) is 0.774. The lowest BCUT2D eigenvalue weighted by Gasteiger charge is -2.13. The van der Waals surface area contributed by atoms with Crippen LogP contribution in [-0.4, -0.2) is 18.6 Å². The lowest BCUT2D eigenvalue weighted by molar-refractivity contribution is 0.598. The lowest BCUT2D eigenvalue weighted by Crippen LogP contribution is -2.12. The second-order valence-electron chi connectivity index (χ2n) is 3.95. The lowest BCUT2D eigenvalue weighted by atomic mass is 10.2. The van der Waals surface area contributed by atoms with E-state index in [2.05, 4.69) is 15.5 Å². The molecule has 96 valence electrons. The molecule has 2 aromatic rings. The maximum Gasteiger partial charge on any atom is 0.238 e. The van der Waals surface area contributed by atoms with Gasteiger partial charge in [-0.05, 0) is 37.3 Å². The Morgan fingerprint density at radius 3 is 2.44 bits per heavy atom. The highest BCUT2D eigenvalue weighted by molar-refractivity contribution is 7.89.